The van der Waals surface area contributed by atoms with E-state index in [-0.39, 0.29) is 0 Å². The summed E-state index contributed by atoms with van der Waals surface area (Å²) in [7, 11) is 3.83. The van der Waals surface area contributed by atoms with Crippen LogP contribution in [-0.2, 0) is 6.42 Å². The smallest absolute Gasteiger partial charge is 0.119 e. The zero-order chi connectivity index (χ0) is 13.7. The van der Waals surface area contributed by atoms with Crippen molar-refractivity contribution in [1.82, 2.24) is 5.32 Å². The molecule has 0 spiro atoms. The normalized spacial score (nSPS) is 25.0. The van der Waals surface area contributed by atoms with Crippen molar-refractivity contribution in [2.45, 2.75) is 45.1 Å². The van der Waals surface area contributed by atoms with Gasteiger partial charge in [-0.1, -0.05) is 31.9 Å². The van der Waals surface area contributed by atoms with Gasteiger partial charge in [0, 0.05) is 6.04 Å². The predicted molar refractivity (Wildman–Crippen MR) is 80.7 cm³/mol. The van der Waals surface area contributed by atoms with E-state index in [0.717, 1.165) is 24.0 Å². The van der Waals surface area contributed by atoms with E-state index >= 15 is 0 Å². The van der Waals surface area contributed by atoms with Crippen LogP contribution in [0.2, 0.25) is 0 Å². The second-order valence-electron chi connectivity index (χ2n) is 5.98. The molecule has 1 aliphatic carbocycles. The Hall–Kier alpha value is -1.02. The number of nitrogens with one attached hydrogen (secondary N) is 1. The summed E-state index contributed by atoms with van der Waals surface area (Å²) in [4.78, 5) is 0. The first-order valence-corrected chi connectivity index (χ1v) is 7.53. The third kappa shape index (κ3) is 3.97. The van der Waals surface area contributed by atoms with E-state index in [1.165, 1.54) is 31.2 Å². The van der Waals surface area contributed by atoms with Crippen molar-refractivity contribution in [1.29, 1.82) is 0 Å². The summed E-state index contributed by atoms with van der Waals surface area (Å²) in [6, 6.07) is 9.07. The van der Waals surface area contributed by atoms with E-state index in [1.54, 1.807) is 7.11 Å². The highest BCUT2D eigenvalue weighted by molar-refractivity contribution is 5.29. The molecular formula is C17H27NO. The van der Waals surface area contributed by atoms with E-state index < -0.39 is 0 Å². The summed E-state index contributed by atoms with van der Waals surface area (Å²) in [6.45, 7) is 2.39. The molecule has 0 bridgehead atoms. The van der Waals surface area contributed by atoms with Gasteiger partial charge in [0.2, 0.25) is 0 Å². The third-order valence-corrected chi connectivity index (χ3v) is 4.51. The fourth-order valence-corrected chi connectivity index (χ4v) is 3.40. The van der Waals surface area contributed by atoms with Crippen LogP contribution in [0, 0.1) is 11.8 Å². The first kappa shape index (κ1) is 14.4. The molecule has 2 nitrogen and oxygen atoms in total. The maximum atomic E-state index is 5.31. The molecule has 3 unspecified atom stereocenters. The van der Waals surface area contributed by atoms with Gasteiger partial charge in [-0.3, -0.25) is 0 Å². The molecule has 1 saturated carbocycles. The van der Waals surface area contributed by atoms with Crippen molar-refractivity contribution in [2.24, 2.45) is 11.8 Å². The number of rotatable bonds is 5. The van der Waals surface area contributed by atoms with Crippen molar-refractivity contribution in [3.8, 4) is 5.75 Å². The average Bonchev–Trinajstić information content (AvgIpc) is 2.45. The minimum absolute atomic E-state index is 0.592. The molecule has 1 aromatic carbocycles. The molecule has 0 radical (unpaired) electrons. The van der Waals surface area contributed by atoms with Crippen molar-refractivity contribution in [3.05, 3.63) is 29.8 Å². The predicted octanol–water partition coefficient (Wildman–Crippen LogP) is 3.65. The Kier molecular flexibility index (Phi) is 5.26. The van der Waals surface area contributed by atoms with Crippen molar-refractivity contribution in [2.75, 3.05) is 14.2 Å². The Morgan fingerprint density at radius 2 is 2.21 bits per heavy atom. The molecule has 0 saturated heterocycles. The highest BCUT2D eigenvalue weighted by Crippen LogP contribution is 2.32. The van der Waals surface area contributed by atoms with E-state index in [2.05, 4.69) is 37.5 Å². The van der Waals surface area contributed by atoms with Gasteiger partial charge in [-0.25, -0.2) is 0 Å². The van der Waals surface area contributed by atoms with Crippen LogP contribution in [0.4, 0.5) is 0 Å². The molecule has 2 heteroatoms. The number of benzene rings is 1. The monoisotopic (exact) mass is 261 g/mol. The molecule has 2 rings (SSSR count). The SMILES string of the molecule is CNC(Cc1cccc(OC)c1)C1CCCC(C)C1. The fourth-order valence-electron chi connectivity index (χ4n) is 3.40. The van der Waals surface area contributed by atoms with Crippen molar-refractivity contribution < 1.29 is 4.74 Å². The fraction of sp³-hybridized carbons (Fsp3) is 0.647. The molecule has 3 atom stereocenters. The average molecular weight is 261 g/mol. The lowest BCUT2D eigenvalue weighted by molar-refractivity contribution is 0.227. The Labute approximate surface area is 117 Å². The molecule has 1 fully saturated rings. The van der Waals surface area contributed by atoms with E-state index in [0.29, 0.717) is 6.04 Å². The first-order valence-electron chi connectivity index (χ1n) is 7.53. The number of likely N-dealkylation sites (N-methyl/N-ethyl adjacent to an activating group) is 1. The number of hydrogen-bond acceptors (Lipinski definition) is 2. The van der Waals surface area contributed by atoms with Gasteiger partial charge in [-0.2, -0.15) is 0 Å². The Morgan fingerprint density at radius 1 is 1.37 bits per heavy atom. The third-order valence-electron chi connectivity index (χ3n) is 4.51. The standard InChI is InChI=1S/C17H27NO/c1-13-6-4-8-15(10-13)17(18-2)12-14-7-5-9-16(11-14)19-3/h5,7,9,11,13,15,17-18H,4,6,8,10,12H2,1-3H3. The lowest BCUT2D eigenvalue weighted by atomic mass is 9.77. The summed E-state index contributed by atoms with van der Waals surface area (Å²) >= 11 is 0. The topological polar surface area (TPSA) is 21.3 Å². The van der Waals surface area contributed by atoms with Crippen LogP contribution in [-0.4, -0.2) is 20.2 Å². The van der Waals surface area contributed by atoms with E-state index in [4.69, 9.17) is 4.74 Å². The molecule has 0 aromatic heterocycles. The molecule has 1 aromatic rings. The Balaban J connectivity index is 2.01. The molecule has 0 amide bonds. The minimum Gasteiger partial charge on any atom is -0.497 e. The van der Waals surface area contributed by atoms with Gasteiger partial charge in [-0.05, 0) is 55.8 Å². The summed E-state index contributed by atoms with van der Waals surface area (Å²) in [5.74, 6) is 2.67. The van der Waals surface area contributed by atoms with Crippen LogP contribution in [0.15, 0.2) is 24.3 Å². The van der Waals surface area contributed by atoms with Crippen LogP contribution in [0.1, 0.15) is 38.2 Å². The summed E-state index contributed by atoms with van der Waals surface area (Å²) in [6.07, 6.45) is 6.65. The number of methoxy groups -OCH3 is 1. The van der Waals surface area contributed by atoms with Gasteiger partial charge in [0.05, 0.1) is 7.11 Å². The largest absolute Gasteiger partial charge is 0.497 e. The van der Waals surface area contributed by atoms with Crippen LogP contribution in [0.5, 0.6) is 5.75 Å². The molecule has 19 heavy (non-hydrogen) atoms. The van der Waals surface area contributed by atoms with E-state index in [9.17, 15) is 0 Å². The highest BCUT2D eigenvalue weighted by Gasteiger charge is 2.25. The van der Waals surface area contributed by atoms with Gasteiger partial charge < -0.3 is 10.1 Å². The Morgan fingerprint density at radius 3 is 2.89 bits per heavy atom. The van der Waals surface area contributed by atoms with Crippen LogP contribution in [0.3, 0.4) is 0 Å². The lowest BCUT2D eigenvalue weighted by Crippen LogP contribution is -2.37. The van der Waals surface area contributed by atoms with Crippen molar-refractivity contribution in [3.63, 3.8) is 0 Å². The van der Waals surface area contributed by atoms with Crippen molar-refractivity contribution >= 4 is 0 Å². The highest BCUT2D eigenvalue weighted by atomic mass is 16.5. The maximum Gasteiger partial charge on any atom is 0.119 e. The molecule has 106 valence electrons. The number of ether oxygens (including phenoxy) is 1. The van der Waals surface area contributed by atoms with Crippen LogP contribution >= 0.6 is 0 Å². The quantitative estimate of drug-likeness (QED) is 0.873. The molecule has 1 aliphatic rings. The second kappa shape index (κ2) is 6.95. The van der Waals surface area contributed by atoms with Gasteiger partial charge in [0.1, 0.15) is 5.75 Å². The van der Waals surface area contributed by atoms with Gasteiger partial charge in [0.15, 0.2) is 0 Å². The van der Waals surface area contributed by atoms with Gasteiger partial charge in [-0.15, -0.1) is 0 Å². The lowest BCUT2D eigenvalue weighted by Gasteiger charge is -2.33. The van der Waals surface area contributed by atoms with Gasteiger partial charge in [0.25, 0.3) is 0 Å². The van der Waals surface area contributed by atoms with E-state index in [1.807, 2.05) is 6.07 Å². The van der Waals surface area contributed by atoms with Gasteiger partial charge >= 0.3 is 0 Å². The van der Waals surface area contributed by atoms with Crippen LogP contribution < -0.4 is 10.1 Å². The number of hydrogen-bond donors (Lipinski definition) is 1. The summed E-state index contributed by atoms with van der Waals surface area (Å²) in [5.41, 5.74) is 1.37. The molecule has 0 aliphatic heterocycles. The first-order chi connectivity index (χ1) is 9.22. The molecule has 0 heterocycles. The maximum absolute atomic E-state index is 5.31. The Bertz CT molecular complexity index is 391. The summed E-state index contributed by atoms with van der Waals surface area (Å²) < 4.78 is 5.31. The molecular weight excluding hydrogens is 234 g/mol. The van der Waals surface area contributed by atoms with Crippen LogP contribution in [0.25, 0.3) is 0 Å². The zero-order valence-electron chi connectivity index (χ0n) is 12.5. The molecule has 1 N–H and O–H groups in total. The summed E-state index contributed by atoms with van der Waals surface area (Å²) in [5, 5.41) is 3.54. The minimum atomic E-state index is 0.592. The second-order valence-corrected chi connectivity index (χ2v) is 5.98. The zero-order valence-corrected chi connectivity index (χ0v) is 12.5.